The molecule has 1 fully saturated rings. The number of hydrogen-bond acceptors (Lipinski definition) is 7. The molecule has 226 valence electrons. The second-order valence-electron chi connectivity index (χ2n) is 10.3. The number of nitrogens with zero attached hydrogens (tertiary/aromatic N) is 1. The van der Waals surface area contributed by atoms with Gasteiger partial charge >= 0.3 is 5.69 Å². The van der Waals surface area contributed by atoms with Gasteiger partial charge in [-0.2, -0.15) is 11.8 Å². The first-order valence-corrected chi connectivity index (χ1v) is 15.6. The fraction of sp³-hybridized carbons (Fsp3) is 0.333. The van der Waals surface area contributed by atoms with E-state index in [1.54, 1.807) is 39.1 Å². The molecule has 5 rings (SSSR count). The van der Waals surface area contributed by atoms with Gasteiger partial charge in [-0.25, -0.2) is 4.79 Å². The molecular weight excluding hydrogens is 588 g/mol. The average Bonchev–Trinajstić information content (AvgIpc) is 3.45. The lowest BCUT2D eigenvalue weighted by molar-refractivity contribution is -0.0765. The fourth-order valence-electron chi connectivity index (χ4n) is 5.47. The van der Waals surface area contributed by atoms with Crippen LogP contribution in [-0.4, -0.2) is 53.4 Å². The minimum absolute atomic E-state index is 0.00286. The molecule has 10 heteroatoms. The first-order chi connectivity index (χ1) is 20.9. The summed E-state index contributed by atoms with van der Waals surface area (Å²) in [6, 6.07) is 25.8. The SMILES string of the molecule is COc1ccc(C(OC[C@H]2O[C@@H](n3cc(C)c(=O)[nH]c3=O)C[C@@H]2SCCCl)(c2ccccc2)c2ccc(OC)cc2)cc1. The third kappa shape index (κ3) is 6.55. The molecule has 0 unspecified atom stereocenters. The van der Waals surface area contributed by atoms with Gasteiger partial charge in [0.1, 0.15) is 23.3 Å². The molecule has 43 heavy (non-hydrogen) atoms. The first kappa shape index (κ1) is 30.9. The van der Waals surface area contributed by atoms with Gasteiger partial charge in [0.25, 0.3) is 5.56 Å². The van der Waals surface area contributed by atoms with E-state index in [9.17, 15) is 9.59 Å². The Hall–Kier alpha value is -3.50. The summed E-state index contributed by atoms with van der Waals surface area (Å²) in [5, 5.41) is 0.00286. The zero-order valence-corrected chi connectivity index (χ0v) is 25.9. The van der Waals surface area contributed by atoms with E-state index in [4.69, 9.17) is 30.5 Å². The number of aromatic nitrogens is 2. The quantitative estimate of drug-likeness (QED) is 0.165. The van der Waals surface area contributed by atoms with Gasteiger partial charge in [-0.3, -0.25) is 14.3 Å². The molecule has 1 aliphatic heterocycles. The van der Waals surface area contributed by atoms with Crippen molar-refractivity contribution < 1.29 is 18.9 Å². The van der Waals surface area contributed by atoms with Crippen LogP contribution >= 0.6 is 23.4 Å². The van der Waals surface area contributed by atoms with E-state index < -0.39 is 23.1 Å². The van der Waals surface area contributed by atoms with E-state index in [2.05, 4.69) is 17.1 Å². The van der Waals surface area contributed by atoms with E-state index >= 15 is 0 Å². The maximum atomic E-state index is 12.7. The summed E-state index contributed by atoms with van der Waals surface area (Å²) >= 11 is 7.77. The number of methoxy groups -OCH3 is 2. The van der Waals surface area contributed by atoms with Crippen molar-refractivity contribution in [3.05, 3.63) is 128 Å². The number of thioether (sulfide) groups is 1. The maximum absolute atomic E-state index is 12.7. The molecule has 3 aromatic carbocycles. The number of halogens is 1. The molecule has 3 atom stereocenters. The van der Waals surface area contributed by atoms with Crippen molar-refractivity contribution in [2.24, 2.45) is 0 Å². The molecule has 4 aromatic rings. The molecule has 1 saturated heterocycles. The number of H-pyrrole nitrogens is 1. The third-order valence-corrected chi connectivity index (χ3v) is 9.46. The van der Waals surface area contributed by atoms with Gasteiger partial charge < -0.3 is 18.9 Å². The minimum Gasteiger partial charge on any atom is -0.497 e. The summed E-state index contributed by atoms with van der Waals surface area (Å²) in [7, 11) is 3.28. The van der Waals surface area contributed by atoms with Crippen LogP contribution in [0.15, 0.2) is 94.6 Å². The molecule has 0 spiro atoms. The van der Waals surface area contributed by atoms with Crippen LogP contribution in [0.4, 0.5) is 0 Å². The van der Waals surface area contributed by atoms with Crippen LogP contribution in [0, 0.1) is 6.92 Å². The predicted octanol–water partition coefficient (Wildman–Crippen LogP) is 5.50. The smallest absolute Gasteiger partial charge is 0.330 e. The number of benzene rings is 3. The Bertz CT molecular complexity index is 1560. The highest BCUT2D eigenvalue weighted by Crippen LogP contribution is 2.43. The van der Waals surface area contributed by atoms with Gasteiger partial charge in [0.05, 0.1) is 26.9 Å². The van der Waals surface area contributed by atoms with Gasteiger partial charge in [-0.15, -0.1) is 11.6 Å². The fourth-order valence-corrected chi connectivity index (χ4v) is 6.79. The highest BCUT2D eigenvalue weighted by Gasteiger charge is 2.42. The lowest BCUT2D eigenvalue weighted by Crippen LogP contribution is -2.38. The van der Waals surface area contributed by atoms with Crippen molar-refractivity contribution in [2.45, 2.75) is 36.5 Å². The molecule has 1 N–H and O–H groups in total. The summed E-state index contributed by atoms with van der Waals surface area (Å²) in [5.41, 5.74) is 1.30. The summed E-state index contributed by atoms with van der Waals surface area (Å²) in [6.45, 7) is 1.89. The number of alkyl halides is 1. The molecule has 0 saturated carbocycles. The van der Waals surface area contributed by atoms with Crippen LogP contribution in [0.5, 0.6) is 11.5 Å². The number of aryl methyl sites for hydroxylation is 1. The van der Waals surface area contributed by atoms with Gasteiger partial charge in [-0.1, -0.05) is 54.6 Å². The monoisotopic (exact) mass is 622 g/mol. The van der Waals surface area contributed by atoms with Gasteiger partial charge in [0.15, 0.2) is 0 Å². The van der Waals surface area contributed by atoms with Crippen LogP contribution in [0.25, 0.3) is 0 Å². The lowest BCUT2D eigenvalue weighted by atomic mass is 9.80. The Kier molecular flexibility index (Phi) is 9.97. The Morgan fingerprint density at radius 2 is 1.51 bits per heavy atom. The minimum atomic E-state index is -1.01. The number of ether oxygens (including phenoxy) is 4. The Balaban J connectivity index is 1.56. The molecule has 1 aromatic heterocycles. The number of nitrogens with one attached hydrogen (secondary N) is 1. The van der Waals surface area contributed by atoms with Crippen LogP contribution in [0.3, 0.4) is 0 Å². The molecule has 2 heterocycles. The summed E-state index contributed by atoms with van der Waals surface area (Å²) in [5.74, 6) is 2.69. The van der Waals surface area contributed by atoms with Crippen molar-refractivity contribution >= 4 is 23.4 Å². The van der Waals surface area contributed by atoms with Crippen molar-refractivity contribution in [2.75, 3.05) is 32.5 Å². The zero-order valence-electron chi connectivity index (χ0n) is 24.3. The summed E-state index contributed by atoms with van der Waals surface area (Å²) < 4.78 is 26.0. The van der Waals surface area contributed by atoms with Crippen LogP contribution < -0.4 is 20.7 Å². The van der Waals surface area contributed by atoms with E-state index in [0.29, 0.717) is 17.9 Å². The second kappa shape index (κ2) is 13.9. The molecule has 0 bridgehead atoms. The first-order valence-electron chi connectivity index (χ1n) is 14.0. The molecule has 0 radical (unpaired) electrons. The van der Waals surface area contributed by atoms with Gasteiger partial charge in [0, 0.05) is 35.1 Å². The normalized spacial score (nSPS) is 18.5. The van der Waals surface area contributed by atoms with E-state index in [-0.39, 0.29) is 18.0 Å². The standard InChI is InChI=1S/C33H35ClN2O6S/c1-22-20-36(32(38)35-31(22)37)30-19-29(43-18-17-34)28(42-30)21-41-33(23-7-5-4-6-8-23,24-9-13-26(39-2)14-10-24)25-11-15-27(40-3)16-12-25/h4-16,20,28-30H,17-19,21H2,1-3H3,(H,35,37,38)/t28-,29+,30-/m1/s1. The maximum Gasteiger partial charge on any atom is 0.330 e. The number of rotatable bonds is 12. The summed E-state index contributed by atoms with van der Waals surface area (Å²) in [4.78, 5) is 27.1. The van der Waals surface area contributed by atoms with E-state index in [1.165, 1.54) is 4.57 Å². The molecule has 0 aliphatic carbocycles. The van der Waals surface area contributed by atoms with Crippen LogP contribution in [0.1, 0.15) is 34.9 Å². The van der Waals surface area contributed by atoms with Crippen molar-refractivity contribution in [1.29, 1.82) is 0 Å². The van der Waals surface area contributed by atoms with Gasteiger partial charge in [0.2, 0.25) is 0 Å². The van der Waals surface area contributed by atoms with Crippen molar-refractivity contribution in [3.8, 4) is 11.5 Å². The van der Waals surface area contributed by atoms with E-state index in [0.717, 1.165) is 33.9 Å². The molecule has 8 nitrogen and oxygen atoms in total. The largest absolute Gasteiger partial charge is 0.497 e. The molecule has 1 aliphatic rings. The highest BCUT2D eigenvalue weighted by atomic mass is 35.5. The third-order valence-electron chi connectivity index (χ3n) is 7.68. The van der Waals surface area contributed by atoms with Crippen molar-refractivity contribution in [3.63, 3.8) is 0 Å². The Morgan fingerprint density at radius 1 is 0.930 bits per heavy atom. The predicted molar refractivity (Wildman–Crippen MR) is 170 cm³/mol. The topological polar surface area (TPSA) is 91.8 Å². The number of aromatic amines is 1. The number of hydrogen-bond donors (Lipinski definition) is 1. The van der Waals surface area contributed by atoms with Crippen LogP contribution in [-0.2, 0) is 15.1 Å². The zero-order chi connectivity index (χ0) is 30.4. The van der Waals surface area contributed by atoms with Gasteiger partial charge in [-0.05, 0) is 47.9 Å². The Morgan fingerprint density at radius 3 is 2.07 bits per heavy atom. The van der Waals surface area contributed by atoms with E-state index in [1.807, 2.05) is 66.7 Å². The van der Waals surface area contributed by atoms with Crippen LogP contribution in [0.2, 0.25) is 0 Å². The second-order valence-corrected chi connectivity index (χ2v) is 12.0. The molecule has 0 amide bonds. The highest BCUT2D eigenvalue weighted by molar-refractivity contribution is 8.00. The lowest BCUT2D eigenvalue weighted by Gasteiger charge is -2.37. The molecular formula is C33H35ClN2O6S. The average molecular weight is 623 g/mol. The summed E-state index contributed by atoms with van der Waals surface area (Å²) in [6.07, 6.45) is 1.20. The Labute approximate surface area is 259 Å². The van der Waals surface area contributed by atoms with Crippen molar-refractivity contribution in [1.82, 2.24) is 9.55 Å².